The summed E-state index contributed by atoms with van der Waals surface area (Å²) in [6, 6.07) is 0. The number of rotatable bonds is 3. The number of piperazine rings is 1. The predicted molar refractivity (Wildman–Crippen MR) is 99.3 cm³/mol. The monoisotopic (exact) mass is 369 g/mol. The van der Waals surface area contributed by atoms with Crippen LogP contribution in [0.5, 0.6) is 0 Å². The quantitative estimate of drug-likeness (QED) is 0.811. The second-order valence-corrected chi connectivity index (χ2v) is 7.16. The molecule has 2 aliphatic rings. The van der Waals surface area contributed by atoms with Gasteiger partial charge in [-0.15, -0.1) is 0 Å². The number of aromatic nitrogens is 2. The summed E-state index contributed by atoms with van der Waals surface area (Å²) in [6.07, 6.45) is 4.26. The molecule has 1 unspecified atom stereocenters. The number of hydrogen-bond acceptors (Lipinski definition) is 6. The first kappa shape index (κ1) is 19.9. The van der Waals surface area contributed by atoms with Gasteiger partial charge < -0.3 is 19.8 Å². The molecule has 2 fully saturated rings. The maximum Gasteiger partial charge on any atom is 0.290 e. The minimum atomic E-state index is -0.250. The van der Waals surface area contributed by atoms with Crippen molar-refractivity contribution in [3.63, 3.8) is 0 Å². The Morgan fingerprint density at radius 2 is 2.00 bits per heavy atom. The fourth-order valence-electron chi connectivity index (χ4n) is 3.47. The second-order valence-electron chi connectivity index (χ2n) is 6.75. The standard InChI is InChI=1S/C16H26ClN5.CH2O2/c1-13-18-10-15(17)16(19-13)22-5-3-4-14(12-22)11-21-8-6-20(2)7-9-21;2-1-3/h10,14H,3-9,11-12H2,1-2H3;1H,(H,2,3). The molecular weight excluding hydrogens is 342 g/mol. The van der Waals surface area contributed by atoms with Crippen molar-refractivity contribution in [1.82, 2.24) is 19.8 Å². The van der Waals surface area contributed by atoms with E-state index in [1.54, 1.807) is 6.20 Å². The van der Waals surface area contributed by atoms with Crippen LogP contribution in [0.15, 0.2) is 6.20 Å². The van der Waals surface area contributed by atoms with E-state index in [4.69, 9.17) is 21.5 Å². The lowest BCUT2D eigenvalue weighted by atomic mass is 9.97. The topological polar surface area (TPSA) is 72.8 Å². The molecule has 0 aliphatic carbocycles. The Bertz CT molecular complexity index is 552. The van der Waals surface area contributed by atoms with Crippen molar-refractivity contribution in [3.8, 4) is 0 Å². The molecule has 3 heterocycles. The first-order chi connectivity index (χ1) is 12.0. The summed E-state index contributed by atoms with van der Waals surface area (Å²) >= 11 is 6.30. The molecule has 1 aromatic heterocycles. The average Bonchev–Trinajstić information content (AvgIpc) is 2.60. The highest BCUT2D eigenvalue weighted by molar-refractivity contribution is 6.32. The van der Waals surface area contributed by atoms with Gasteiger partial charge >= 0.3 is 0 Å². The molecule has 0 radical (unpaired) electrons. The van der Waals surface area contributed by atoms with Gasteiger partial charge in [0.15, 0.2) is 5.82 Å². The third kappa shape index (κ3) is 6.09. The van der Waals surface area contributed by atoms with Crippen molar-refractivity contribution in [1.29, 1.82) is 0 Å². The fraction of sp³-hybridized carbons (Fsp3) is 0.706. The van der Waals surface area contributed by atoms with E-state index in [1.165, 1.54) is 45.6 Å². The van der Waals surface area contributed by atoms with Gasteiger partial charge in [0.05, 0.1) is 6.20 Å². The van der Waals surface area contributed by atoms with Gasteiger partial charge in [-0.1, -0.05) is 11.6 Å². The highest BCUT2D eigenvalue weighted by Crippen LogP contribution is 2.27. The van der Waals surface area contributed by atoms with E-state index in [0.717, 1.165) is 24.7 Å². The summed E-state index contributed by atoms with van der Waals surface area (Å²) in [7, 11) is 2.21. The van der Waals surface area contributed by atoms with Crippen LogP contribution in [-0.2, 0) is 4.79 Å². The van der Waals surface area contributed by atoms with Crippen molar-refractivity contribution in [2.45, 2.75) is 19.8 Å². The second kappa shape index (κ2) is 9.89. The van der Waals surface area contributed by atoms with Crippen LogP contribution in [0.25, 0.3) is 0 Å². The largest absolute Gasteiger partial charge is 0.483 e. The van der Waals surface area contributed by atoms with Crippen LogP contribution in [0.2, 0.25) is 5.02 Å². The Balaban J connectivity index is 0.000000701. The minimum absolute atomic E-state index is 0.250. The van der Waals surface area contributed by atoms with Gasteiger partial charge in [0.2, 0.25) is 0 Å². The van der Waals surface area contributed by atoms with Crippen LogP contribution >= 0.6 is 11.6 Å². The summed E-state index contributed by atoms with van der Waals surface area (Å²) in [4.78, 5) is 24.5. The Hall–Kier alpha value is -1.44. The van der Waals surface area contributed by atoms with Crippen LogP contribution in [0.3, 0.4) is 0 Å². The first-order valence-electron chi connectivity index (χ1n) is 8.76. The fourth-order valence-corrected chi connectivity index (χ4v) is 3.68. The molecule has 0 aromatic carbocycles. The molecule has 0 spiro atoms. The molecule has 25 heavy (non-hydrogen) atoms. The van der Waals surface area contributed by atoms with Crippen LogP contribution in [0.4, 0.5) is 5.82 Å². The number of aryl methyl sites for hydroxylation is 1. The first-order valence-corrected chi connectivity index (χ1v) is 9.14. The molecule has 1 atom stereocenters. The van der Waals surface area contributed by atoms with E-state index in [9.17, 15) is 0 Å². The van der Waals surface area contributed by atoms with Gasteiger partial charge in [-0.05, 0) is 32.7 Å². The number of carbonyl (C=O) groups is 1. The van der Waals surface area contributed by atoms with Crippen molar-refractivity contribution >= 4 is 23.9 Å². The van der Waals surface area contributed by atoms with Gasteiger partial charge in [-0.2, -0.15) is 0 Å². The molecule has 0 saturated carbocycles. The van der Waals surface area contributed by atoms with Gasteiger partial charge in [-0.25, -0.2) is 9.97 Å². The molecule has 1 N–H and O–H groups in total. The Morgan fingerprint density at radius 3 is 2.68 bits per heavy atom. The maximum atomic E-state index is 8.36. The zero-order valence-electron chi connectivity index (χ0n) is 15.1. The van der Waals surface area contributed by atoms with Crippen molar-refractivity contribution in [2.24, 2.45) is 5.92 Å². The molecule has 7 nitrogen and oxygen atoms in total. The smallest absolute Gasteiger partial charge is 0.290 e. The Kier molecular flexibility index (Phi) is 7.87. The highest BCUT2D eigenvalue weighted by Gasteiger charge is 2.25. The Morgan fingerprint density at radius 1 is 1.32 bits per heavy atom. The number of anilines is 1. The van der Waals surface area contributed by atoms with Gasteiger partial charge in [-0.3, -0.25) is 4.79 Å². The number of likely N-dealkylation sites (N-methyl/N-ethyl adjacent to an activating group) is 1. The molecule has 8 heteroatoms. The lowest BCUT2D eigenvalue weighted by Crippen LogP contribution is -2.48. The van der Waals surface area contributed by atoms with E-state index in [-0.39, 0.29) is 6.47 Å². The third-order valence-corrected chi connectivity index (χ3v) is 5.04. The molecule has 2 saturated heterocycles. The lowest BCUT2D eigenvalue weighted by molar-refractivity contribution is -0.122. The summed E-state index contributed by atoms with van der Waals surface area (Å²) < 4.78 is 0. The van der Waals surface area contributed by atoms with Crippen molar-refractivity contribution in [3.05, 3.63) is 17.0 Å². The van der Waals surface area contributed by atoms with Gasteiger partial charge in [0.25, 0.3) is 6.47 Å². The van der Waals surface area contributed by atoms with E-state index in [2.05, 4.69) is 31.7 Å². The normalized spacial score (nSPS) is 22.2. The third-order valence-electron chi connectivity index (χ3n) is 4.78. The zero-order valence-corrected chi connectivity index (χ0v) is 15.8. The SMILES string of the molecule is Cc1ncc(Cl)c(N2CCCC(CN3CCN(C)CC3)C2)n1.O=CO. The molecule has 0 amide bonds. The summed E-state index contributed by atoms with van der Waals surface area (Å²) in [5.41, 5.74) is 0. The molecule has 1 aromatic rings. The summed E-state index contributed by atoms with van der Waals surface area (Å²) in [5.74, 6) is 2.42. The van der Waals surface area contributed by atoms with Gasteiger partial charge in [0.1, 0.15) is 10.8 Å². The zero-order chi connectivity index (χ0) is 18.2. The molecule has 2 aliphatic heterocycles. The number of nitrogens with zero attached hydrogens (tertiary/aromatic N) is 5. The molecular formula is C17H28ClN5O2. The van der Waals surface area contributed by atoms with Crippen LogP contribution in [-0.4, -0.2) is 84.2 Å². The summed E-state index contributed by atoms with van der Waals surface area (Å²) in [5, 5.41) is 7.56. The van der Waals surface area contributed by atoms with Crippen LogP contribution < -0.4 is 4.90 Å². The van der Waals surface area contributed by atoms with Crippen molar-refractivity contribution in [2.75, 3.05) is 57.8 Å². The van der Waals surface area contributed by atoms with Crippen molar-refractivity contribution < 1.29 is 9.90 Å². The molecule has 3 rings (SSSR count). The minimum Gasteiger partial charge on any atom is -0.483 e. The number of carboxylic acid groups (broad SMARTS) is 1. The van der Waals surface area contributed by atoms with E-state index < -0.39 is 0 Å². The average molecular weight is 370 g/mol. The predicted octanol–water partition coefficient (Wildman–Crippen LogP) is 1.60. The number of halogens is 1. The molecule has 0 bridgehead atoms. The highest BCUT2D eigenvalue weighted by atomic mass is 35.5. The van der Waals surface area contributed by atoms with Gasteiger partial charge in [0, 0.05) is 45.8 Å². The van der Waals surface area contributed by atoms with E-state index >= 15 is 0 Å². The van der Waals surface area contributed by atoms with E-state index in [1.807, 2.05) is 6.92 Å². The molecule has 140 valence electrons. The maximum absolute atomic E-state index is 8.36. The van der Waals surface area contributed by atoms with E-state index in [0.29, 0.717) is 10.9 Å². The number of hydrogen-bond donors (Lipinski definition) is 1. The lowest BCUT2D eigenvalue weighted by Gasteiger charge is -2.39. The van der Waals surface area contributed by atoms with Crippen LogP contribution in [0, 0.1) is 12.8 Å². The Labute approximate surface area is 154 Å². The number of piperidine rings is 1. The van der Waals surface area contributed by atoms with Crippen LogP contribution in [0.1, 0.15) is 18.7 Å². The summed E-state index contributed by atoms with van der Waals surface area (Å²) in [6.45, 7) is 9.75.